The molecular formula is C22H27Cl2LiO2P. The second kappa shape index (κ2) is 12.9. The molecule has 28 heavy (non-hydrogen) atoms. The van der Waals surface area contributed by atoms with Crippen LogP contribution in [0.1, 0.15) is 55.5 Å². The summed E-state index contributed by atoms with van der Waals surface area (Å²) in [5.41, 5.74) is 1.40. The fourth-order valence-electron chi connectivity index (χ4n) is 2.88. The van der Waals surface area contributed by atoms with Crippen molar-refractivity contribution < 1.29 is 9.53 Å². The molecule has 0 amide bonds. The van der Waals surface area contributed by atoms with Crippen LogP contribution in [0.2, 0.25) is 10.0 Å². The standard InChI is InChI=1S/C22H27Cl2O2P.Li/c1-4-6-8-16(5-2)14-26-17-11-12-20(15(3)13-17)27-22(25)21-18(23)9-7-10-19(21)24;/h7,9-13,16,27H,4-6,8,14H2,1-3H3;. The van der Waals surface area contributed by atoms with Gasteiger partial charge in [-0.2, -0.15) is 0 Å². The minimum absolute atomic E-state index is 0. The largest absolute Gasteiger partial charge is 0.493 e. The first-order valence-corrected chi connectivity index (χ1v) is 11.2. The summed E-state index contributed by atoms with van der Waals surface area (Å²) < 4.78 is 6.00. The fraction of sp³-hybridized carbons (Fsp3) is 0.409. The molecule has 0 fully saturated rings. The van der Waals surface area contributed by atoms with Crippen LogP contribution in [-0.4, -0.2) is 31.0 Å². The van der Waals surface area contributed by atoms with Crippen LogP contribution < -0.4 is 10.0 Å². The van der Waals surface area contributed by atoms with Crippen molar-refractivity contribution in [2.45, 2.75) is 46.5 Å². The van der Waals surface area contributed by atoms with Gasteiger partial charge in [0, 0.05) is 18.9 Å². The number of ether oxygens (including phenoxy) is 1. The third-order valence-electron chi connectivity index (χ3n) is 4.66. The molecule has 2 nitrogen and oxygen atoms in total. The predicted molar refractivity (Wildman–Crippen MR) is 124 cm³/mol. The van der Waals surface area contributed by atoms with Crippen LogP contribution in [0.15, 0.2) is 36.4 Å². The molecule has 147 valence electrons. The molecule has 2 unspecified atom stereocenters. The summed E-state index contributed by atoms with van der Waals surface area (Å²) in [7, 11) is -0.0223. The maximum absolute atomic E-state index is 12.7. The molecule has 0 saturated carbocycles. The van der Waals surface area contributed by atoms with E-state index in [0.29, 0.717) is 21.5 Å². The van der Waals surface area contributed by atoms with Gasteiger partial charge in [0.05, 0.1) is 22.2 Å². The Labute approximate surface area is 192 Å². The first-order valence-electron chi connectivity index (χ1n) is 9.45. The second-order valence-corrected chi connectivity index (χ2v) is 8.81. The van der Waals surface area contributed by atoms with E-state index in [-0.39, 0.29) is 33.0 Å². The zero-order valence-electron chi connectivity index (χ0n) is 17.1. The van der Waals surface area contributed by atoms with E-state index in [2.05, 4.69) is 13.8 Å². The minimum Gasteiger partial charge on any atom is -0.493 e. The third kappa shape index (κ3) is 7.40. The zero-order valence-corrected chi connectivity index (χ0v) is 19.7. The van der Waals surface area contributed by atoms with Gasteiger partial charge in [-0.15, -0.1) is 0 Å². The molecule has 2 aromatic carbocycles. The van der Waals surface area contributed by atoms with Gasteiger partial charge in [-0.3, -0.25) is 4.79 Å². The summed E-state index contributed by atoms with van der Waals surface area (Å²) in [6.07, 6.45) is 4.80. The summed E-state index contributed by atoms with van der Waals surface area (Å²) in [5.74, 6) is 1.45. The Bertz CT molecular complexity index is 763. The van der Waals surface area contributed by atoms with Gasteiger partial charge in [-0.25, -0.2) is 0 Å². The predicted octanol–water partition coefficient (Wildman–Crippen LogP) is 6.66. The normalized spacial score (nSPS) is 12.0. The number of carbonyl (C=O) groups excluding carboxylic acids is 1. The smallest absolute Gasteiger partial charge is 0.188 e. The number of aryl methyl sites for hydroxylation is 1. The summed E-state index contributed by atoms with van der Waals surface area (Å²) in [6.45, 7) is 7.18. The first-order chi connectivity index (χ1) is 13.0. The number of hydrogen-bond donors (Lipinski definition) is 0. The van der Waals surface area contributed by atoms with Gasteiger partial charge < -0.3 is 4.74 Å². The van der Waals surface area contributed by atoms with E-state index in [1.54, 1.807) is 18.2 Å². The van der Waals surface area contributed by atoms with E-state index in [1.807, 2.05) is 25.1 Å². The number of carbonyl (C=O) groups is 1. The molecule has 0 aliphatic rings. The molecule has 0 heterocycles. The van der Waals surface area contributed by atoms with E-state index in [0.717, 1.165) is 29.6 Å². The molecule has 0 bridgehead atoms. The number of rotatable bonds is 10. The van der Waals surface area contributed by atoms with Crippen LogP contribution in [-0.2, 0) is 0 Å². The van der Waals surface area contributed by atoms with Gasteiger partial charge in [-0.05, 0) is 63.0 Å². The van der Waals surface area contributed by atoms with Crippen molar-refractivity contribution in [2.24, 2.45) is 5.92 Å². The molecule has 0 aliphatic heterocycles. The molecule has 1 radical (unpaired) electrons. The summed E-state index contributed by atoms with van der Waals surface area (Å²) >= 11 is 12.3. The molecule has 2 rings (SSSR count). The van der Waals surface area contributed by atoms with Gasteiger partial charge >= 0.3 is 0 Å². The van der Waals surface area contributed by atoms with Crippen molar-refractivity contribution in [3.05, 3.63) is 57.6 Å². The molecule has 0 aromatic heterocycles. The number of unbranched alkanes of at least 4 members (excludes halogenated alkanes) is 1. The average Bonchev–Trinajstić information content (AvgIpc) is 2.64. The fourth-order valence-corrected chi connectivity index (χ4v) is 4.68. The van der Waals surface area contributed by atoms with Crippen LogP contribution in [0.4, 0.5) is 0 Å². The second-order valence-electron chi connectivity index (χ2n) is 6.76. The Morgan fingerprint density at radius 3 is 2.39 bits per heavy atom. The quantitative estimate of drug-likeness (QED) is 0.310. The molecule has 6 heteroatoms. The van der Waals surface area contributed by atoms with Gasteiger partial charge in [-0.1, -0.05) is 68.4 Å². The van der Waals surface area contributed by atoms with E-state index in [4.69, 9.17) is 27.9 Å². The topological polar surface area (TPSA) is 26.3 Å². The molecule has 0 N–H and O–H groups in total. The number of hydrogen-bond acceptors (Lipinski definition) is 2. The Kier molecular flexibility index (Phi) is 11.8. The maximum Gasteiger partial charge on any atom is 0.188 e. The van der Waals surface area contributed by atoms with Gasteiger partial charge in [0.2, 0.25) is 0 Å². The Morgan fingerprint density at radius 1 is 1.14 bits per heavy atom. The van der Waals surface area contributed by atoms with Crippen molar-refractivity contribution in [2.75, 3.05) is 6.61 Å². The van der Waals surface area contributed by atoms with Crippen molar-refractivity contribution in [1.82, 2.24) is 0 Å². The van der Waals surface area contributed by atoms with Gasteiger partial charge in [0.25, 0.3) is 0 Å². The molecule has 0 spiro atoms. The summed E-state index contributed by atoms with van der Waals surface area (Å²) in [5, 5.41) is 1.78. The van der Waals surface area contributed by atoms with Crippen molar-refractivity contribution in [1.29, 1.82) is 0 Å². The Morgan fingerprint density at radius 2 is 1.82 bits per heavy atom. The third-order valence-corrected chi connectivity index (χ3v) is 6.60. The zero-order chi connectivity index (χ0) is 19.8. The van der Waals surface area contributed by atoms with Crippen LogP contribution >= 0.6 is 31.8 Å². The summed E-state index contributed by atoms with van der Waals surface area (Å²) in [6, 6.07) is 11.1. The Hall–Kier alpha value is -0.483. The molecule has 2 atom stereocenters. The van der Waals surface area contributed by atoms with Crippen molar-refractivity contribution >= 4 is 61.5 Å². The van der Waals surface area contributed by atoms with Crippen molar-refractivity contribution in [3.63, 3.8) is 0 Å². The SMILES string of the molecule is CCCCC(CC)COc1ccc(PC(=O)c2c(Cl)cccc2Cl)c(C)c1.[Li]. The van der Waals surface area contributed by atoms with E-state index in [1.165, 1.54) is 19.3 Å². The van der Waals surface area contributed by atoms with E-state index >= 15 is 0 Å². The average molecular weight is 432 g/mol. The maximum atomic E-state index is 12.7. The van der Waals surface area contributed by atoms with E-state index in [9.17, 15) is 4.79 Å². The van der Waals surface area contributed by atoms with Crippen LogP contribution in [0.5, 0.6) is 5.75 Å². The molecule has 0 saturated heterocycles. The van der Waals surface area contributed by atoms with Crippen LogP contribution in [0.3, 0.4) is 0 Å². The molecule has 2 aromatic rings. The van der Waals surface area contributed by atoms with Crippen molar-refractivity contribution in [3.8, 4) is 5.75 Å². The molecule has 0 aliphatic carbocycles. The molecular weight excluding hydrogens is 405 g/mol. The van der Waals surface area contributed by atoms with Gasteiger partial charge in [0.15, 0.2) is 5.52 Å². The first kappa shape index (κ1) is 25.6. The summed E-state index contributed by atoms with van der Waals surface area (Å²) in [4.78, 5) is 12.7. The monoisotopic (exact) mass is 431 g/mol. The minimum atomic E-state index is -0.0482. The van der Waals surface area contributed by atoms with Crippen LogP contribution in [0.25, 0.3) is 0 Å². The van der Waals surface area contributed by atoms with E-state index < -0.39 is 0 Å². The van der Waals surface area contributed by atoms with Crippen LogP contribution in [0, 0.1) is 12.8 Å². The number of benzene rings is 2. The Balaban J connectivity index is 0.00000392. The number of halogens is 2. The van der Waals surface area contributed by atoms with Gasteiger partial charge in [0.1, 0.15) is 5.75 Å².